The van der Waals surface area contributed by atoms with Gasteiger partial charge in [0, 0.05) is 22.2 Å². The Bertz CT molecular complexity index is 1120. The zero-order valence-electron chi connectivity index (χ0n) is 15.3. The maximum atomic E-state index is 12.4. The number of esters is 1. The zero-order valence-corrected chi connectivity index (χ0v) is 16.0. The molecular formula is C21H17ClO6. The van der Waals surface area contributed by atoms with E-state index in [-0.39, 0.29) is 29.1 Å². The van der Waals surface area contributed by atoms with E-state index in [0.717, 1.165) is 6.07 Å². The first kappa shape index (κ1) is 19.6. The Morgan fingerprint density at radius 2 is 1.89 bits per heavy atom. The number of Topliss-reactive ketones (excluding diaryl/α,β-unsaturated/α-hetero) is 1. The smallest absolute Gasteiger partial charge is 0.374 e. The molecule has 0 N–H and O–H groups in total. The first-order chi connectivity index (χ1) is 13.4. The predicted octanol–water partition coefficient (Wildman–Crippen LogP) is 4.40. The highest BCUT2D eigenvalue weighted by atomic mass is 35.5. The SMILES string of the molecule is CCOc1ccc(C(C)=O)cc1COC(=O)c1cc(=O)c2cc(Cl)ccc2o1. The van der Waals surface area contributed by atoms with Crippen molar-refractivity contribution >= 4 is 34.3 Å². The van der Waals surface area contributed by atoms with E-state index in [1.807, 2.05) is 6.92 Å². The van der Waals surface area contributed by atoms with Crippen molar-refractivity contribution in [1.29, 1.82) is 0 Å². The summed E-state index contributed by atoms with van der Waals surface area (Å²) >= 11 is 5.88. The fourth-order valence-corrected chi connectivity index (χ4v) is 2.82. The van der Waals surface area contributed by atoms with Crippen LogP contribution in [0.1, 0.15) is 40.3 Å². The Balaban J connectivity index is 1.85. The van der Waals surface area contributed by atoms with Gasteiger partial charge in [-0.3, -0.25) is 9.59 Å². The van der Waals surface area contributed by atoms with E-state index in [0.29, 0.717) is 28.5 Å². The molecule has 0 aliphatic heterocycles. The molecule has 0 saturated carbocycles. The fourth-order valence-electron chi connectivity index (χ4n) is 2.65. The Morgan fingerprint density at radius 1 is 1.11 bits per heavy atom. The topological polar surface area (TPSA) is 82.8 Å². The van der Waals surface area contributed by atoms with Crippen LogP contribution in [0.15, 0.2) is 51.7 Å². The summed E-state index contributed by atoms with van der Waals surface area (Å²) < 4.78 is 16.3. The summed E-state index contributed by atoms with van der Waals surface area (Å²) in [4.78, 5) is 36.2. The molecule has 3 aromatic rings. The van der Waals surface area contributed by atoms with Gasteiger partial charge in [-0.05, 0) is 50.2 Å². The molecule has 0 fully saturated rings. The molecule has 0 atom stereocenters. The standard InChI is InChI=1S/C21H17ClO6/c1-3-26-18-6-4-13(12(2)23)8-14(18)11-27-21(25)20-10-17(24)16-9-15(22)5-7-19(16)28-20/h4-10H,3,11H2,1-2H3. The maximum Gasteiger partial charge on any atom is 0.374 e. The maximum absolute atomic E-state index is 12.4. The summed E-state index contributed by atoms with van der Waals surface area (Å²) in [5.74, 6) is -0.630. The van der Waals surface area contributed by atoms with Crippen LogP contribution in [0, 0.1) is 0 Å². The lowest BCUT2D eigenvalue weighted by Crippen LogP contribution is -2.11. The van der Waals surface area contributed by atoms with Gasteiger partial charge < -0.3 is 13.9 Å². The first-order valence-electron chi connectivity index (χ1n) is 8.56. The van der Waals surface area contributed by atoms with Crippen molar-refractivity contribution in [3.05, 3.63) is 74.6 Å². The van der Waals surface area contributed by atoms with Gasteiger partial charge in [0.15, 0.2) is 11.2 Å². The minimum Gasteiger partial charge on any atom is -0.493 e. The van der Waals surface area contributed by atoms with Crippen LogP contribution in [0.2, 0.25) is 5.02 Å². The quantitative estimate of drug-likeness (QED) is 0.450. The van der Waals surface area contributed by atoms with E-state index >= 15 is 0 Å². The second-order valence-corrected chi connectivity index (χ2v) is 6.44. The first-order valence-corrected chi connectivity index (χ1v) is 8.94. The normalized spacial score (nSPS) is 10.7. The van der Waals surface area contributed by atoms with E-state index in [1.54, 1.807) is 24.3 Å². The van der Waals surface area contributed by atoms with Crippen LogP contribution >= 0.6 is 11.6 Å². The minimum atomic E-state index is -0.801. The number of ketones is 1. The van der Waals surface area contributed by atoms with E-state index in [9.17, 15) is 14.4 Å². The molecule has 28 heavy (non-hydrogen) atoms. The van der Waals surface area contributed by atoms with E-state index in [4.69, 9.17) is 25.5 Å². The van der Waals surface area contributed by atoms with E-state index in [1.165, 1.54) is 19.1 Å². The number of halogens is 1. The molecular weight excluding hydrogens is 384 g/mol. The Labute approximate surface area is 165 Å². The van der Waals surface area contributed by atoms with Gasteiger partial charge in [-0.25, -0.2) is 4.79 Å². The van der Waals surface area contributed by atoms with Gasteiger partial charge in [0.1, 0.15) is 17.9 Å². The number of rotatable bonds is 6. The fraction of sp³-hybridized carbons (Fsp3) is 0.190. The number of carbonyl (C=O) groups is 2. The molecule has 3 rings (SSSR count). The third-order valence-corrected chi connectivity index (χ3v) is 4.25. The molecule has 0 radical (unpaired) electrons. The molecule has 2 aromatic carbocycles. The van der Waals surface area contributed by atoms with Crippen LogP contribution in [0.3, 0.4) is 0 Å². The van der Waals surface area contributed by atoms with Gasteiger partial charge >= 0.3 is 5.97 Å². The molecule has 6 nitrogen and oxygen atoms in total. The highest BCUT2D eigenvalue weighted by molar-refractivity contribution is 6.31. The predicted molar refractivity (Wildman–Crippen MR) is 104 cm³/mol. The third-order valence-electron chi connectivity index (χ3n) is 4.02. The van der Waals surface area contributed by atoms with E-state index < -0.39 is 11.4 Å². The summed E-state index contributed by atoms with van der Waals surface area (Å²) in [6.07, 6.45) is 0. The molecule has 144 valence electrons. The lowest BCUT2D eigenvalue weighted by atomic mass is 10.1. The number of fused-ring (bicyclic) bond motifs is 1. The van der Waals surface area contributed by atoms with Gasteiger partial charge in [-0.2, -0.15) is 0 Å². The van der Waals surface area contributed by atoms with Gasteiger partial charge in [-0.1, -0.05) is 11.6 Å². The zero-order chi connectivity index (χ0) is 20.3. The lowest BCUT2D eigenvalue weighted by molar-refractivity contribution is 0.0433. The van der Waals surface area contributed by atoms with Crippen LogP contribution in [0.5, 0.6) is 5.75 Å². The van der Waals surface area contributed by atoms with Gasteiger partial charge in [-0.15, -0.1) is 0 Å². The van der Waals surface area contributed by atoms with Crippen molar-refractivity contribution in [2.45, 2.75) is 20.5 Å². The summed E-state index contributed by atoms with van der Waals surface area (Å²) in [6.45, 7) is 3.55. The van der Waals surface area contributed by atoms with Crippen molar-refractivity contribution in [3.63, 3.8) is 0 Å². The molecule has 0 saturated heterocycles. The molecule has 1 aromatic heterocycles. The van der Waals surface area contributed by atoms with Crippen LogP contribution < -0.4 is 10.2 Å². The lowest BCUT2D eigenvalue weighted by Gasteiger charge is -2.12. The highest BCUT2D eigenvalue weighted by Gasteiger charge is 2.16. The molecule has 0 aliphatic rings. The molecule has 7 heteroatoms. The molecule has 0 bridgehead atoms. The van der Waals surface area contributed by atoms with Gasteiger partial charge in [0.2, 0.25) is 5.76 Å². The Kier molecular flexibility index (Phi) is 5.80. The number of benzene rings is 2. The number of hydrogen-bond donors (Lipinski definition) is 0. The Morgan fingerprint density at radius 3 is 2.61 bits per heavy atom. The average molecular weight is 401 g/mol. The van der Waals surface area contributed by atoms with Crippen molar-refractivity contribution in [2.24, 2.45) is 0 Å². The Hall–Kier alpha value is -3.12. The molecule has 0 unspecified atom stereocenters. The average Bonchev–Trinajstić information content (AvgIpc) is 2.67. The summed E-state index contributed by atoms with van der Waals surface area (Å²) in [5.41, 5.74) is 0.850. The number of carbonyl (C=O) groups excluding carboxylic acids is 2. The summed E-state index contributed by atoms with van der Waals surface area (Å²) in [7, 11) is 0. The largest absolute Gasteiger partial charge is 0.493 e. The number of hydrogen-bond acceptors (Lipinski definition) is 6. The monoisotopic (exact) mass is 400 g/mol. The second-order valence-electron chi connectivity index (χ2n) is 6.00. The van der Waals surface area contributed by atoms with Crippen molar-refractivity contribution in [2.75, 3.05) is 6.61 Å². The molecule has 0 aliphatic carbocycles. The van der Waals surface area contributed by atoms with Gasteiger partial charge in [0.05, 0.1) is 12.0 Å². The van der Waals surface area contributed by atoms with Crippen molar-refractivity contribution in [1.82, 2.24) is 0 Å². The highest BCUT2D eigenvalue weighted by Crippen LogP contribution is 2.23. The van der Waals surface area contributed by atoms with Crippen molar-refractivity contribution < 1.29 is 23.5 Å². The van der Waals surface area contributed by atoms with Crippen molar-refractivity contribution in [3.8, 4) is 5.75 Å². The minimum absolute atomic E-state index is 0.116. The summed E-state index contributed by atoms with van der Waals surface area (Å²) in [6, 6.07) is 10.5. The second kappa shape index (κ2) is 8.27. The van der Waals surface area contributed by atoms with Crippen LogP contribution in [0.25, 0.3) is 11.0 Å². The van der Waals surface area contributed by atoms with E-state index in [2.05, 4.69) is 0 Å². The number of ether oxygens (including phenoxy) is 2. The van der Waals surface area contributed by atoms with Crippen LogP contribution in [-0.2, 0) is 11.3 Å². The third kappa shape index (κ3) is 4.23. The van der Waals surface area contributed by atoms with Gasteiger partial charge in [0.25, 0.3) is 0 Å². The molecule has 0 amide bonds. The molecule has 0 spiro atoms. The molecule has 1 heterocycles. The van der Waals surface area contributed by atoms with Crippen LogP contribution in [0.4, 0.5) is 0 Å². The summed E-state index contributed by atoms with van der Waals surface area (Å²) in [5, 5.41) is 0.667. The van der Waals surface area contributed by atoms with Crippen LogP contribution in [-0.4, -0.2) is 18.4 Å².